The Balaban J connectivity index is 2.06. The largest absolute Gasteiger partial charge is 0.489 e. The summed E-state index contributed by atoms with van der Waals surface area (Å²) in [6.07, 6.45) is 0.462. The zero-order valence-electron chi connectivity index (χ0n) is 14.0. The number of carbonyl (C=O) groups is 1. The number of urea groups is 1. The maximum absolute atomic E-state index is 12.3. The molecule has 0 fully saturated rings. The number of hydrogen-bond donors (Lipinski definition) is 3. The highest BCUT2D eigenvalue weighted by Crippen LogP contribution is 2.25. The number of amides is 2. The van der Waals surface area contributed by atoms with Crippen molar-refractivity contribution in [2.45, 2.75) is 32.4 Å². The van der Waals surface area contributed by atoms with Crippen LogP contribution in [0.4, 0.5) is 10.5 Å². The van der Waals surface area contributed by atoms with Crippen molar-refractivity contribution >= 4 is 11.7 Å². The Bertz CT molecular complexity index is 644. The van der Waals surface area contributed by atoms with Crippen LogP contribution in [0.1, 0.15) is 31.9 Å². The number of anilines is 1. The number of ether oxygens (including phenoxy) is 1. The Hall–Kier alpha value is -2.53. The lowest BCUT2D eigenvalue weighted by molar-refractivity contribution is 0.236. The molecule has 2 rings (SSSR count). The first-order chi connectivity index (χ1) is 11.6. The van der Waals surface area contributed by atoms with Crippen molar-refractivity contribution in [3.63, 3.8) is 0 Å². The van der Waals surface area contributed by atoms with E-state index in [1.54, 1.807) is 6.07 Å². The van der Waals surface area contributed by atoms with Gasteiger partial charge in [0.2, 0.25) is 0 Å². The van der Waals surface area contributed by atoms with Gasteiger partial charge in [0.05, 0.1) is 17.8 Å². The van der Waals surface area contributed by atoms with Gasteiger partial charge < -0.3 is 20.5 Å². The number of carbonyl (C=O) groups excluding carboxylic acids is 1. The van der Waals surface area contributed by atoms with Crippen molar-refractivity contribution in [2.75, 3.05) is 11.9 Å². The van der Waals surface area contributed by atoms with Crippen LogP contribution in [0.5, 0.6) is 5.75 Å². The fraction of sp³-hybridized carbons (Fsp3) is 0.316. The Labute approximate surface area is 142 Å². The summed E-state index contributed by atoms with van der Waals surface area (Å²) < 4.78 is 5.70. The third-order valence-corrected chi connectivity index (χ3v) is 3.42. The van der Waals surface area contributed by atoms with Crippen molar-refractivity contribution in [3.8, 4) is 5.75 Å². The molecule has 2 aromatic carbocycles. The van der Waals surface area contributed by atoms with Gasteiger partial charge in [-0.05, 0) is 38.0 Å². The fourth-order valence-electron chi connectivity index (χ4n) is 2.38. The van der Waals surface area contributed by atoms with Gasteiger partial charge >= 0.3 is 6.03 Å². The number of para-hydroxylation sites is 2. The predicted octanol–water partition coefficient (Wildman–Crippen LogP) is 3.72. The molecule has 0 aliphatic rings. The molecule has 0 aromatic heterocycles. The lowest BCUT2D eigenvalue weighted by Gasteiger charge is -2.20. The van der Waals surface area contributed by atoms with E-state index in [1.807, 2.05) is 62.4 Å². The maximum atomic E-state index is 12.3. The normalized spacial score (nSPS) is 11.8. The molecule has 0 aliphatic carbocycles. The molecule has 0 unspecified atom stereocenters. The molecule has 1 atom stereocenters. The molecule has 0 saturated heterocycles. The van der Waals surface area contributed by atoms with E-state index in [9.17, 15) is 9.90 Å². The second-order valence-electron chi connectivity index (χ2n) is 5.74. The van der Waals surface area contributed by atoms with E-state index in [4.69, 9.17) is 4.74 Å². The fourth-order valence-corrected chi connectivity index (χ4v) is 2.38. The molecule has 24 heavy (non-hydrogen) atoms. The highest BCUT2D eigenvalue weighted by Gasteiger charge is 2.15. The molecule has 5 heteroatoms. The molecular formula is C19H24N2O3. The van der Waals surface area contributed by atoms with Crippen LogP contribution in [0.3, 0.4) is 0 Å². The monoisotopic (exact) mass is 328 g/mol. The van der Waals surface area contributed by atoms with Crippen molar-refractivity contribution in [1.82, 2.24) is 5.32 Å². The van der Waals surface area contributed by atoms with Crippen molar-refractivity contribution < 1.29 is 14.6 Å². The Morgan fingerprint density at radius 3 is 2.42 bits per heavy atom. The predicted molar refractivity (Wildman–Crippen MR) is 95.2 cm³/mol. The zero-order valence-corrected chi connectivity index (χ0v) is 14.0. The van der Waals surface area contributed by atoms with Gasteiger partial charge in [-0.25, -0.2) is 4.79 Å². The average molecular weight is 328 g/mol. The van der Waals surface area contributed by atoms with Crippen molar-refractivity contribution in [2.24, 2.45) is 0 Å². The highest BCUT2D eigenvalue weighted by molar-refractivity contribution is 5.91. The lowest BCUT2D eigenvalue weighted by Crippen LogP contribution is -2.33. The summed E-state index contributed by atoms with van der Waals surface area (Å²) in [4.78, 5) is 12.3. The van der Waals surface area contributed by atoms with E-state index in [0.29, 0.717) is 17.9 Å². The SMILES string of the molecule is CC(C)Oc1ccccc1NC(=O)N[C@H](CCO)c1ccccc1. The van der Waals surface area contributed by atoms with Crippen LogP contribution in [0.15, 0.2) is 54.6 Å². The smallest absolute Gasteiger partial charge is 0.319 e. The molecule has 0 saturated carbocycles. The minimum Gasteiger partial charge on any atom is -0.489 e. The summed E-state index contributed by atoms with van der Waals surface area (Å²) in [5.41, 5.74) is 1.56. The van der Waals surface area contributed by atoms with Gasteiger partial charge in [0.1, 0.15) is 5.75 Å². The van der Waals surface area contributed by atoms with Crippen LogP contribution >= 0.6 is 0 Å². The number of aliphatic hydroxyl groups is 1. The first-order valence-electron chi connectivity index (χ1n) is 8.09. The molecular weight excluding hydrogens is 304 g/mol. The Morgan fingerprint density at radius 2 is 1.75 bits per heavy atom. The van der Waals surface area contributed by atoms with E-state index < -0.39 is 0 Å². The van der Waals surface area contributed by atoms with E-state index in [0.717, 1.165) is 5.56 Å². The van der Waals surface area contributed by atoms with Gasteiger partial charge in [-0.15, -0.1) is 0 Å². The second kappa shape index (κ2) is 8.93. The summed E-state index contributed by atoms with van der Waals surface area (Å²) >= 11 is 0. The van der Waals surface area contributed by atoms with E-state index in [1.165, 1.54) is 0 Å². The number of nitrogens with one attached hydrogen (secondary N) is 2. The van der Waals surface area contributed by atoms with E-state index in [-0.39, 0.29) is 24.8 Å². The lowest BCUT2D eigenvalue weighted by atomic mass is 10.0. The van der Waals surface area contributed by atoms with Gasteiger partial charge in [0.15, 0.2) is 0 Å². The van der Waals surface area contributed by atoms with Gasteiger partial charge in [0.25, 0.3) is 0 Å². The van der Waals surface area contributed by atoms with Crippen LogP contribution in [0.2, 0.25) is 0 Å². The van der Waals surface area contributed by atoms with Crippen molar-refractivity contribution in [3.05, 3.63) is 60.2 Å². The molecule has 0 aliphatic heterocycles. The van der Waals surface area contributed by atoms with E-state index in [2.05, 4.69) is 10.6 Å². The van der Waals surface area contributed by atoms with Crippen LogP contribution in [-0.4, -0.2) is 23.8 Å². The number of hydrogen-bond acceptors (Lipinski definition) is 3. The molecule has 3 N–H and O–H groups in total. The Morgan fingerprint density at radius 1 is 1.08 bits per heavy atom. The topological polar surface area (TPSA) is 70.6 Å². The molecule has 0 radical (unpaired) electrons. The van der Waals surface area contributed by atoms with E-state index >= 15 is 0 Å². The zero-order chi connectivity index (χ0) is 17.4. The van der Waals surface area contributed by atoms with Gasteiger partial charge in [0, 0.05) is 6.61 Å². The summed E-state index contributed by atoms with van der Waals surface area (Å²) in [5, 5.41) is 15.0. The third kappa shape index (κ3) is 5.28. The van der Waals surface area contributed by atoms with Crippen LogP contribution < -0.4 is 15.4 Å². The molecule has 128 valence electrons. The molecule has 5 nitrogen and oxygen atoms in total. The standard InChI is InChI=1S/C19H24N2O3/c1-14(2)24-18-11-7-6-10-17(18)21-19(23)20-16(12-13-22)15-8-4-3-5-9-15/h3-11,14,16,22H,12-13H2,1-2H3,(H2,20,21,23)/t16-/m1/s1. The number of benzene rings is 2. The maximum Gasteiger partial charge on any atom is 0.319 e. The molecule has 2 aromatic rings. The van der Waals surface area contributed by atoms with Crippen LogP contribution in [0.25, 0.3) is 0 Å². The molecule has 2 amide bonds. The summed E-state index contributed by atoms with van der Waals surface area (Å²) in [6.45, 7) is 3.86. The van der Waals surface area contributed by atoms with Crippen LogP contribution in [-0.2, 0) is 0 Å². The van der Waals surface area contributed by atoms with Crippen molar-refractivity contribution in [1.29, 1.82) is 0 Å². The van der Waals surface area contributed by atoms with Gasteiger partial charge in [-0.2, -0.15) is 0 Å². The molecule has 0 heterocycles. The first-order valence-corrected chi connectivity index (χ1v) is 8.09. The second-order valence-corrected chi connectivity index (χ2v) is 5.74. The summed E-state index contributed by atoms with van der Waals surface area (Å²) in [7, 11) is 0. The average Bonchev–Trinajstić information content (AvgIpc) is 2.56. The minimum absolute atomic E-state index is 0.00706. The number of rotatable bonds is 7. The summed E-state index contributed by atoms with van der Waals surface area (Å²) in [5.74, 6) is 0.626. The molecule has 0 bridgehead atoms. The highest BCUT2D eigenvalue weighted by atomic mass is 16.5. The number of aliphatic hydroxyl groups excluding tert-OH is 1. The van der Waals surface area contributed by atoms with Gasteiger partial charge in [-0.1, -0.05) is 42.5 Å². The quantitative estimate of drug-likeness (QED) is 0.725. The molecule has 0 spiro atoms. The first kappa shape index (κ1) is 17.8. The Kier molecular flexibility index (Phi) is 6.63. The minimum atomic E-state index is -0.336. The van der Waals surface area contributed by atoms with Crippen LogP contribution in [0, 0.1) is 0 Å². The third-order valence-electron chi connectivity index (χ3n) is 3.42. The van der Waals surface area contributed by atoms with Gasteiger partial charge in [-0.3, -0.25) is 0 Å². The summed E-state index contributed by atoms with van der Waals surface area (Å²) in [6, 6.07) is 16.3.